The molecular formula is C18H29NO4. The topological polar surface area (TPSA) is 76.0 Å². The molecule has 1 aliphatic rings. The average molecular weight is 323 g/mol. The standard InChI is InChI=1S/C18H29NO4/c1-5-6-7-8-9-10-19-12-13-14(20)11-18(2,3)15(16(13)21)17(22)23-4/h12,15,21H,5-11H2,1-4H3. The molecule has 23 heavy (non-hydrogen) atoms. The van der Waals surface area contributed by atoms with Crippen molar-refractivity contribution in [1.82, 2.24) is 0 Å². The Morgan fingerprint density at radius 1 is 1.35 bits per heavy atom. The van der Waals surface area contributed by atoms with Gasteiger partial charge in [-0.25, -0.2) is 0 Å². The summed E-state index contributed by atoms with van der Waals surface area (Å²) in [6, 6.07) is 0. The molecule has 5 nitrogen and oxygen atoms in total. The molecule has 0 aromatic rings. The predicted octanol–water partition coefficient (Wildman–Crippen LogP) is 3.63. The fourth-order valence-electron chi connectivity index (χ4n) is 2.93. The zero-order valence-electron chi connectivity index (χ0n) is 14.7. The van der Waals surface area contributed by atoms with E-state index in [1.54, 1.807) is 13.8 Å². The monoisotopic (exact) mass is 323 g/mol. The van der Waals surface area contributed by atoms with Crippen LogP contribution in [0.1, 0.15) is 59.3 Å². The second-order valence-corrected chi connectivity index (χ2v) is 6.79. The van der Waals surface area contributed by atoms with Crippen molar-refractivity contribution in [2.45, 2.75) is 59.3 Å². The molecule has 1 N–H and O–H groups in total. The number of nitrogens with zero attached hydrogens (tertiary/aromatic N) is 1. The van der Waals surface area contributed by atoms with E-state index in [-0.39, 0.29) is 23.5 Å². The van der Waals surface area contributed by atoms with Crippen LogP contribution in [-0.4, -0.2) is 36.7 Å². The maximum atomic E-state index is 12.2. The number of aliphatic hydroxyl groups is 1. The van der Waals surface area contributed by atoms with Crippen LogP contribution in [0.4, 0.5) is 0 Å². The van der Waals surface area contributed by atoms with E-state index < -0.39 is 17.3 Å². The van der Waals surface area contributed by atoms with Crippen LogP contribution in [0.25, 0.3) is 0 Å². The fourth-order valence-corrected chi connectivity index (χ4v) is 2.93. The summed E-state index contributed by atoms with van der Waals surface area (Å²) in [5.41, 5.74) is -0.514. The molecule has 0 heterocycles. The van der Waals surface area contributed by atoms with Crippen molar-refractivity contribution in [3.8, 4) is 0 Å². The molecule has 1 aliphatic carbocycles. The highest BCUT2D eigenvalue weighted by atomic mass is 16.5. The number of hydrogen-bond donors (Lipinski definition) is 1. The van der Waals surface area contributed by atoms with Crippen LogP contribution in [0.5, 0.6) is 0 Å². The first-order valence-corrected chi connectivity index (χ1v) is 8.39. The average Bonchev–Trinajstić information content (AvgIpc) is 2.47. The highest BCUT2D eigenvalue weighted by Gasteiger charge is 2.46. The number of hydrogen-bond acceptors (Lipinski definition) is 5. The van der Waals surface area contributed by atoms with Gasteiger partial charge in [0.25, 0.3) is 0 Å². The van der Waals surface area contributed by atoms with Crippen LogP contribution in [-0.2, 0) is 14.3 Å². The maximum Gasteiger partial charge on any atom is 0.316 e. The number of esters is 1. The molecule has 0 amide bonds. The lowest BCUT2D eigenvalue weighted by molar-refractivity contribution is -0.150. The first-order chi connectivity index (χ1) is 10.8. The lowest BCUT2D eigenvalue weighted by Crippen LogP contribution is -2.40. The molecule has 0 aromatic heterocycles. The quantitative estimate of drug-likeness (QED) is 0.420. The molecule has 0 aromatic carbocycles. The third-order valence-electron chi connectivity index (χ3n) is 4.30. The van der Waals surface area contributed by atoms with Crippen LogP contribution >= 0.6 is 0 Å². The number of aliphatic hydroxyl groups excluding tert-OH is 1. The minimum absolute atomic E-state index is 0.147. The van der Waals surface area contributed by atoms with E-state index in [1.165, 1.54) is 32.6 Å². The minimum Gasteiger partial charge on any atom is -0.511 e. The van der Waals surface area contributed by atoms with Crippen LogP contribution in [0.15, 0.2) is 16.3 Å². The zero-order chi connectivity index (χ0) is 17.5. The van der Waals surface area contributed by atoms with Gasteiger partial charge in [0.05, 0.1) is 12.7 Å². The van der Waals surface area contributed by atoms with Gasteiger partial charge < -0.3 is 9.84 Å². The predicted molar refractivity (Wildman–Crippen MR) is 90.7 cm³/mol. The molecule has 5 heteroatoms. The third-order valence-corrected chi connectivity index (χ3v) is 4.30. The molecule has 130 valence electrons. The summed E-state index contributed by atoms with van der Waals surface area (Å²) in [7, 11) is 1.28. The van der Waals surface area contributed by atoms with E-state index in [2.05, 4.69) is 11.9 Å². The first kappa shape index (κ1) is 19.4. The third kappa shape index (κ3) is 5.19. The number of carbonyl (C=O) groups excluding carboxylic acids is 2. The van der Waals surface area contributed by atoms with Gasteiger partial charge in [-0.3, -0.25) is 14.6 Å². The summed E-state index contributed by atoms with van der Waals surface area (Å²) in [5.74, 6) is -1.74. The van der Waals surface area contributed by atoms with E-state index in [1.807, 2.05) is 0 Å². The number of aliphatic imine (C=N–C) groups is 1. The smallest absolute Gasteiger partial charge is 0.316 e. The van der Waals surface area contributed by atoms with Crippen molar-refractivity contribution >= 4 is 18.0 Å². The van der Waals surface area contributed by atoms with Gasteiger partial charge in [-0.1, -0.05) is 46.5 Å². The van der Waals surface area contributed by atoms with Gasteiger partial charge >= 0.3 is 5.97 Å². The molecule has 1 rings (SSSR count). The van der Waals surface area contributed by atoms with Gasteiger partial charge in [-0.2, -0.15) is 0 Å². The highest BCUT2D eigenvalue weighted by molar-refractivity contribution is 6.15. The number of carbonyl (C=O) groups is 2. The van der Waals surface area contributed by atoms with E-state index in [0.29, 0.717) is 6.54 Å². The van der Waals surface area contributed by atoms with Gasteiger partial charge in [0.1, 0.15) is 11.7 Å². The number of allylic oxidation sites excluding steroid dienone is 1. The number of rotatable bonds is 8. The number of Topliss-reactive ketones (excluding diaryl/α,β-unsaturated/α-hetero) is 1. The van der Waals surface area contributed by atoms with Crippen molar-refractivity contribution in [2.75, 3.05) is 13.7 Å². The SMILES string of the molecule is CCCCCCCN=CC1=C(O)C(C(=O)OC)C(C)(C)CC1=O. The minimum atomic E-state index is -0.823. The van der Waals surface area contributed by atoms with Crippen LogP contribution in [0.3, 0.4) is 0 Å². The maximum absolute atomic E-state index is 12.2. The van der Waals surface area contributed by atoms with Crippen molar-refractivity contribution in [3.63, 3.8) is 0 Å². The first-order valence-electron chi connectivity index (χ1n) is 8.39. The van der Waals surface area contributed by atoms with Gasteiger partial charge in [0.2, 0.25) is 0 Å². The van der Waals surface area contributed by atoms with Crippen molar-refractivity contribution in [1.29, 1.82) is 0 Å². The zero-order valence-corrected chi connectivity index (χ0v) is 14.7. The van der Waals surface area contributed by atoms with E-state index in [0.717, 1.165) is 12.8 Å². The Morgan fingerprint density at radius 2 is 2.00 bits per heavy atom. The second kappa shape index (κ2) is 8.85. The molecule has 1 atom stereocenters. The Morgan fingerprint density at radius 3 is 2.61 bits per heavy atom. The van der Waals surface area contributed by atoms with Crippen LogP contribution < -0.4 is 0 Å². The van der Waals surface area contributed by atoms with E-state index in [9.17, 15) is 14.7 Å². The lowest BCUT2D eigenvalue weighted by Gasteiger charge is -2.35. The van der Waals surface area contributed by atoms with Gasteiger partial charge in [-0.05, 0) is 11.8 Å². The number of ether oxygens (including phenoxy) is 1. The normalized spacial score (nSPS) is 21.0. The largest absolute Gasteiger partial charge is 0.511 e. The Hall–Kier alpha value is -1.65. The summed E-state index contributed by atoms with van der Waals surface area (Å²) in [4.78, 5) is 28.4. The van der Waals surface area contributed by atoms with E-state index >= 15 is 0 Å². The van der Waals surface area contributed by atoms with Gasteiger partial charge in [0, 0.05) is 19.2 Å². The Bertz CT molecular complexity index is 491. The van der Waals surface area contributed by atoms with Crippen molar-refractivity contribution in [3.05, 3.63) is 11.3 Å². The Balaban J connectivity index is 2.78. The molecule has 0 radical (unpaired) electrons. The molecule has 0 aliphatic heterocycles. The van der Waals surface area contributed by atoms with Gasteiger partial charge in [0.15, 0.2) is 5.78 Å². The lowest BCUT2D eigenvalue weighted by atomic mass is 9.68. The highest BCUT2D eigenvalue weighted by Crippen LogP contribution is 2.41. The van der Waals surface area contributed by atoms with Crippen LogP contribution in [0.2, 0.25) is 0 Å². The Kier molecular flexibility index (Phi) is 7.46. The molecule has 0 fully saturated rings. The summed E-state index contributed by atoms with van der Waals surface area (Å²) in [6.07, 6.45) is 7.30. The second-order valence-electron chi connectivity index (χ2n) is 6.79. The molecular weight excluding hydrogens is 294 g/mol. The number of unbranched alkanes of at least 4 members (excludes halogenated alkanes) is 4. The molecule has 1 unspecified atom stereocenters. The molecule has 0 saturated heterocycles. The molecule has 0 saturated carbocycles. The summed E-state index contributed by atoms with van der Waals surface area (Å²) in [5, 5.41) is 10.4. The number of methoxy groups -OCH3 is 1. The summed E-state index contributed by atoms with van der Waals surface area (Å²) < 4.78 is 4.77. The molecule has 0 bridgehead atoms. The van der Waals surface area contributed by atoms with Crippen LogP contribution in [0, 0.1) is 11.3 Å². The van der Waals surface area contributed by atoms with E-state index in [4.69, 9.17) is 4.74 Å². The van der Waals surface area contributed by atoms with Crippen molar-refractivity contribution in [2.24, 2.45) is 16.3 Å². The van der Waals surface area contributed by atoms with Crippen molar-refractivity contribution < 1.29 is 19.4 Å². The number of ketones is 1. The summed E-state index contributed by atoms with van der Waals surface area (Å²) in [6.45, 7) is 6.36. The Labute approximate surface area is 138 Å². The fraction of sp³-hybridized carbons (Fsp3) is 0.722. The van der Waals surface area contributed by atoms with Gasteiger partial charge in [-0.15, -0.1) is 0 Å². The molecule has 0 spiro atoms. The summed E-state index contributed by atoms with van der Waals surface area (Å²) >= 11 is 0.